The van der Waals surface area contributed by atoms with Crippen LogP contribution in [0, 0.1) is 5.82 Å². The summed E-state index contributed by atoms with van der Waals surface area (Å²) in [7, 11) is 0. The Balaban J connectivity index is 1.38. The summed E-state index contributed by atoms with van der Waals surface area (Å²) in [5.74, 6) is 0.377. The number of carbonyl (C=O) groups is 1. The molecule has 1 aliphatic heterocycles. The Morgan fingerprint density at radius 3 is 2.24 bits per heavy atom. The van der Waals surface area contributed by atoms with Crippen molar-refractivity contribution in [2.24, 2.45) is 5.10 Å². The average Bonchev–Trinajstić information content (AvgIpc) is 3.52. The molecule has 0 unspecified atom stereocenters. The van der Waals surface area contributed by atoms with E-state index in [2.05, 4.69) is 15.3 Å². The molecule has 0 radical (unpaired) electrons. The average molecular weight is 458 g/mol. The number of hydrogen-bond donors (Lipinski definition) is 0. The van der Waals surface area contributed by atoms with Crippen molar-refractivity contribution in [3.05, 3.63) is 96.3 Å². The van der Waals surface area contributed by atoms with Gasteiger partial charge in [-0.2, -0.15) is 5.10 Å². The summed E-state index contributed by atoms with van der Waals surface area (Å²) in [6.07, 6.45) is 0.727. The fourth-order valence-electron chi connectivity index (χ4n) is 3.63. The largest absolute Gasteiger partial charge is 0.272 e. The number of rotatable bonds is 6. The first-order valence-corrected chi connectivity index (χ1v) is 11.5. The summed E-state index contributed by atoms with van der Waals surface area (Å²) in [6, 6.07) is 25.7. The number of benzene rings is 3. The van der Waals surface area contributed by atoms with Crippen LogP contribution in [-0.2, 0) is 4.79 Å². The summed E-state index contributed by atoms with van der Waals surface area (Å²) in [5.41, 5.74) is 3.55. The minimum atomic E-state index is -0.321. The molecule has 0 spiro atoms. The number of halogens is 1. The molecule has 4 aromatic rings. The van der Waals surface area contributed by atoms with Crippen LogP contribution in [0.1, 0.15) is 12.0 Å². The normalized spacial score (nSPS) is 13.2. The van der Waals surface area contributed by atoms with Crippen molar-refractivity contribution in [1.29, 1.82) is 0 Å². The first-order chi connectivity index (χ1) is 16.2. The van der Waals surface area contributed by atoms with Crippen LogP contribution in [0.4, 0.5) is 4.39 Å². The molecule has 0 atom stereocenters. The van der Waals surface area contributed by atoms with Crippen LogP contribution in [0.3, 0.4) is 0 Å². The Labute approximate surface area is 194 Å². The molecule has 8 heteroatoms. The molecular formula is C25H20FN5OS. The van der Waals surface area contributed by atoms with Crippen LogP contribution < -0.4 is 0 Å². The monoisotopic (exact) mass is 457 g/mol. The van der Waals surface area contributed by atoms with Crippen molar-refractivity contribution in [2.45, 2.75) is 11.6 Å². The van der Waals surface area contributed by atoms with E-state index in [9.17, 15) is 9.18 Å². The zero-order valence-corrected chi connectivity index (χ0v) is 18.5. The Kier molecular flexibility index (Phi) is 5.99. The van der Waals surface area contributed by atoms with Gasteiger partial charge in [-0.15, -0.1) is 10.2 Å². The molecule has 6 nitrogen and oxygen atoms in total. The zero-order valence-electron chi connectivity index (χ0n) is 17.6. The fraction of sp³-hybridized carbons (Fsp3) is 0.120. The van der Waals surface area contributed by atoms with Gasteiger partial charge < -0.3 is 0 Å². The lowest BCUT2D eigenvalue weighted by Gasteiger charge is -2.12. The molecule has 0 aliphatic carbocycles. The molecule has 0 bridgehead atoms. The lowest BCUT2D eigenvalue weighted by molar-refractivity contribution is -0.127. The highest BCUT2D eigenvalue weighted by Gasteiger charge is 2.23. The van der Waals surface area contributed by atoms with Crippen molar-refractivity contribution in [3.63, 3.8) is 0 Å². The van der Waals surface area contributed by atoms with Gasteiger partial charge in [0.05, 0.1) is 18.0 Å². The summed E-state index contributed by atoms with van der Waals surface area (Å²) in [4.78, 5) is 12.9. The third-order valence-corrected chi connectivity index (χ3v) is 6.19. The molecule has 5 rings (SSSR count). The van der Waals surface area contributed by atoms with E-state index in [-0.39, 0.29) is 17.5 Å². The summed E-state index contributed by atoms with van der Waals surface area (Å²) < 4.78 is 15.4. The highest BCUT2D eigenvalue weighted by molar-refractivity contribution is 7.99. The van der Waals surface area contributed by atoms with E-state index in [1.54, 1.807) is 12.1 Å². The second kappa shape index (κ2) is 9.38. The minimum absolute atomic E-state index is 0.0964. The maximum Gasteiger partial charge on any atom is 0.253 e. The molecule has 164 valence electrons. The smallest absolute Gasteiger partial charge is 0.253 e. The van der Waals surface area contributed by atoms with Gasteiger partial charge in [0.2, 0.25) is 0 Å². The zero-order chi connectivity index (χ0) is 22.6. The molecule has 0 fully saturated rings. The van der Waals surface area contributed by atoms with Gasteiger partial charge in [-0.05, 0) is 29.8 Å². The molecule has 1 amide bonds. The molecular weight excluding hydrogens is 437 g/mol. The molecule has 0 saturated carbocycles. The molecule has 0 saturated heterocycles. The molecule has 33 heavy (non-hydrogen) atoms. The van der Waals surface area contributed by atoms with E-state index < -0.39 is 0 Å². The third kappa shape index (κ3) is 4.56. The van der Waals surface area contributed by atoms with Gasteiger partial charge in [-0.3, -0.25) is 9.36 Å². The van der Waals surface area contributed by atoms with Gasteiger partial charge in [0.15, 0.2) is 11.0 Å². The predicted molar refractivity (Wildman–Crippen MR) is 127 cm³/mol. The van der Waals surface area contributed by atoms with Gasteiger partial charge in [0, 0.05) is 17.7 Å². The minimum Gasteiger partial charge on any atom is -0.272 e. The summed E-state index contributed by atoms with van der Waals surface area (Å²) in [6.45, 7) is 0.559. The first-order valence-electron chi connectivity index (χ1n) is 10.5. The fourth-order valence-corrected chi connectivity index (χ4v) is 4.45. The molecule has 1 aromatic heterocycles. The van der Waals surface area contributed by atoms with Crippen LogP contribution in [0.15, 0.2) is 95.2 Å². The lowest BCUT2D eigenvalue weighted by Crippen LogP contribution is -2.25. The van der Waals surface area contributed by atoms with Gasteiger partial charge >= 0.3 is 0 Å². The molecule has 1 aliphatic rings. The van der Waals surface area contributed by atoms with Gasteiger partial charge in [-0.1, -0.05) is 72.4 Å². The predicted octanol–water partition coefficient (Wildman–Crippen LogP) is 4.80. The van der Waals surface area contributed by atoms with Crippen LogP contribution in [0.25, 0.3) is 17.1 Å². The second-order valence-electron chi connectivity index (χ2n) is 7.45. The van der Waals surface area contributed by atoms with Crippen LogP contribution in [0.2, 0.25) is 0 Å². The third-order valence-electron chi connectivity index (χ3n) is 5.27. The lowest BCUT2D eigenvalue weighted by atomic mass is 10.1. The van der Waals surface area contributed by atoms with E-state index >= 15 is 0 Å². The molecule has 0 N–H and O–H groups in total. The van der Waals surface area contributed by atoms with Crippen LogP contribution in [0.5, 0.6) is 0 Å². The SMILES string of the molecule is O=C(CSc1nnc(-c2ccccc2)n1-c1ccc(F)cc1)N1CCC(c2ccccc2)=N1. The number of hydrogen-bond acceptors (Lipinski definition) is 5. The van der Waals surface area contributed by atoms with E-state index in [4.69, 9.17) is 0 Å². The number of carbonyl (C=O) groups excluding carboxylic acids is 1. The van der Waals surface area contributed by atoms with Crippen molar-refractivity contribution in [1.82, 2.24) is 19.8 Å². The first kappa shape index (κ1) is 21.1. The van der Waals surface area contributed by atoms with Crippen molar-refractivity contribution in [2.75, 3.05) is 12.3 Å². The van der Waals surface area contributed by atoms with E-state index in [1.807, 2.05) is 65.2 Å². The van der Waals surface area contributed by atoms with E-state index in [0.29, 0.717) is 17.5 Å². The molecule has 3 aromatic carbocycles. The van der Waals surface area contributed by atoms with Crippen molar-refractivity contribution in [3.8, 4) is 17.1 Å². The number of aromatic nitrogens is 3. The number of hydrazone groups is 1. The summed E-state index contributed by atoms with van der Waals surface area (Å²) >= 11 is 1.29. The Hall–Kier alpha value is -3.78. The maximum atomic E-state index is 13.5. The van der Waals surface area contributed by atoms with Crippen molar-refractivity contribution >= 4 is 23.4 Å². The number of thioether (sulfide) groups is 1. The standard InChI is InChI=1S/C25H20FN5OS/c26-20-11-13-21(14-12-20)31-24(19-9-5-2-6-10-19)27-28-25(31)33-17-23(32)30-16-15-22(29-30)18-7-3-1-4-8-18/h1-14H,15-17H2. The van der Waals surface area contributed by atoms with Gasteiger partial charge in [-0.25, -0.2) is 9.40 Å². The van der Waals surface area contributed by atoms with Crippen molar-refractivity contribution < 1.29 is 9.18 Å². The van der Waals surface area contributed by atoms with E-state index in [0.717, 1.165) is 28.9 Å². The summed E-state index contributed by atoms with van der Waals surface area (Å²) in [5, 5.41) is 15.3. The highest BCUT2D eigenvalue weighted by Crippen LogP contribution is 2.28. The van der Waals surface area contributed by atoms with E-state index in [1.165, 1.54) is 28.9 Å². The van der Waals surface area contributed by atoms with Crippen LogP contribution >= 0.6 is 11.8 Å². The Bertz CT molecular complexity index is 1290. The Morgan fingerprint density at radius 1 is 0.879 bits per heavy atom. The van der Waals surface area contributed by atoms with Gasteiger partial charge in [0.1, 0.15) is 5.82 Å². The highest BCUT2D eigenvalue weighted by atomic mass is 32.2. The maximum absolute atomic E-state index is 13.5. The molecule has 2 heterocycles. The topological polar surface area (TPSA) is 63.4 Å². The number of nitrogens with zero attached hydrogens (tertiary/aromatic N) is 5. The quantitative estimate of drug-likeness (QED) is 0.390. The van der Waals surface area contributed by atoms with Crippen LogP contribution in [-0.4, -0.2) is 43.7 Å². The second-order valence-corrected chi connectivity index (χ2v) is 8.39. The number of amides is 1. The van der Waals surface area contributed by atoms with Gasteiger partial charge in [0.25, 0.3) is 5.91 Å². The Morgan fingerprint density at radius 2 is 1.55 bits per heavy atom.